The van der Waals surface area contributed by atoms with E-state index in [1.54, 1.807) is 21.3 Å². The molecule has 0 unspecified atom stereocenters. The van der Waals surface area contributed by atoms with Crippen LogP contribution in [0.2, 0.25) is 0 Å². The van der Waals surface area contributed by atoms with E-state index >= 15 is 0 Å². The number of rotatable bonds is 7. The molecule has 0 bridgehead atoms. The molecule has 2 aromatic rings. The Balaban J connectivity index is 1.79. The third-order valence-electron chi connectivity index (χ3n) is 5.41. The zero-order valence-electron chi connectivity index (χ0n) is 18.2. The fraction of sp³-hybridized carbons (Fsp3) is 0.391. The van der Waals surface area contributed by atoms with Gasteiger partial charge in [0.15, 0.2) is 11.5 Å². The second-order valence-corrected chi connectivity index (χ2v) is 7.42. The van der Waals surface area contributed by atoms with Gasteiger partial charge in [-0.15, -0.1) is 0 Å². The molecule has 0 saturated heterocycles. The van der Waals surface area contributed by atoms with Gasteiger partial charge in [-0.2, -0.15) is 0 Å². The molecule has 0 saturated carbocycles. The van der Waals surface area contributed by atoms with E-state index in [4.69, 9.17) is 14.2 Å². The highest BCUT2D eigenvalue weighted by atomic mass is 16.5. The quantitative estimate of drug-likeness (QED) is 0.627. The number of benzene rings is 2. The highest BCUT2D eigenvalue weighted by Gasteiger charge is 2.35. The molecule has 1 aliphatic rings. The largest absolute Gasteiger partial charge is 0.493 e. The maximum absolute atomic E-state index is 12.4. The molecule has 3 rings (SSSR count). The third-order valence-corrected chi connectivity index (χ3v) is 5.41. The van der Waals surface area contributed by atoms with Crippen molar-refractivity contribution in [1.82, 2.24) is 16.0 Å². The molecule has 0 radical (unpaired) electrons. The van der Waals surface area contributed by atoms with Crippen LogP contribution in [0, 0.1) is 0 Å². The summed E-state index contributed by atoms with van der Waals surface area (Å²) in [6.07, 6.45) is -0.0286. The van der Waals surface area contributed by atoms with Gasteiger partial charge in [0.05, 0.1) is 26.3 Å². The van der Waals surface area contributed by atoms with E-state index in [-0.39, 0.29) is 24.6 Å². The average molecular weight is 428 g/mol. The Morgan fingerprint density at radius 1 is 1.13 bits per heavy atom. The molecule has 31 heavy (non-hydrogen) atoms. The molecule has 1 heterocycles. The molecule has 0 aromatic heterocycles. The van der Waals surface area contributed by atoms with Gasteiger partial charge in [-0.25, -0.2) is 4.79 Å². The average Bonchev–Trinajstić information content (AvgIpc) is 2.81. The van der Waals surface area contributed by atoms with Gasteiger partial charge >= 0.3 is 6.09 Å². The summed E-state index contributed by atoms with van der Waals surface area (Å²) in [5.41, 5.74) is 2.80. The van der Waals surface area contributed by atoms with Crippen LogP contribution in [0.3, 0.4) is 0 Å². The Morgan fingerprint density at radius 3 is 2.45 bits per heavy atom. The second-order valence-electron chi connectivity index (χ2n) is 7.42. The van der Waals surface area contributed by atoms with E-state index in [1.165, 1.54) is 0 Å². The van der Waals surface area contributed by atoms with Crippen molar-refractivity contribution < 1.29 is 23.8 Å². The van der Waals surface area contributed by atoms with Crippen LogP contribution < -0.4 is 25.4 Å². The molecule has 0 fully saturated rings. The van der Waals surface area contributed by atoms with Crippen molar-refractivity contribution in [3.05, 3.63) is 59.2 Å². The Kier molecular flexibility index (Phi) is 7.36. The fourth-order valence-electron chi connectivity index (χ4n) is 3.78. The van der Waals surface area contributed by atoms with E-state index in [9.17, 15) is 9.59 Å². The summed E-state index contributed by atoms with van der Waals surface area (Å²) < 4.78 is 16.2. The number of alkyl carbamates (subject to hydrolysis) is 1. The van der Waals surface area contributed by atoms with E-state index in [0.29, 0.717) is 17.9 Å². The lowest BCUT2D eigenvalue weighted by molar-refractivity contribution is -0.123. The maximum atomic E-state index is 12.4. The van der Waals surface area contributed by atoms with Crippen LogP contribution in [0.15, 0.2) is 42.5 Å². The number of hydrogen-bond acceptors (Lipinski definition) is 6. The second kappa shape index (κ2) is 10.2. The van der Waals surface area contributed by atoms with E-state index in [0.717, 1.165) is 16.7 Å². The molecule has 0 aliphatic carbocycles. The van der Waals surface area contributed by atoms with Crippen molar-refractivity contribution in [2.24, 2.45) is 0 Å². The molecular formula is C23H29N3O5. The first kappa shape index (κ1) is 22.4. The van der Waals surface area contributed by atoms with Crippen LogP contribution in [0.5, 0.6) is 11.5 Å². The minimum atomic E-state index is -0.526. The van der Waals surface area contributed by atoms with Crippen molar-refractivity contribution in [3.8, 4) is 11.5 Å². The van der Waals surface area contributed by atoms with E-state index in [1.807, 2.05) is 49.4 Å². The predicted octanol–water partition coefficient (Wildman–Crippen LogP) is 2.32. The molecule has 3 atom stereocenters. The van der Waals surface area contributed by atoms with Gasteiger partial charge in [-0.1, -0.05) is 30.3 Å². The zero-order chi connectivity index (χ0) is 22.4. The molecular weight excluding hydrogens is 398 g/mol. The summed E-state index contributed by atoms with van der Waals surface area (Å²) in [6, 6.07) is 12.1. The minimum Gasteiger partial charge on any atom is -0.493 e. The van der Waals surface area contributed by atoms with Gasteiger partial charge in [-0.3, -0.25) is 10.1 Å². The van der Waals surface area contributed by atoms with Gasteiger partial charge in [-0.05, 0) is 42.2 Å². The summed E-state index contributed by atoms with van der Waals surface area (Å²) in [6.45, 7) is 2.05. The topological polar surface area (TPSA) is 97.9 Å². The van der Waals surface area contributed by atoms with E-state index in [2.05, 4.69) is 16.0 Å². The van der Waals surface area contributed by atoms with Crippen LogP contribution in [0.1, 0.15) is 29.7 Å². The summed E-state index contributed by atoms with van der Waals surface area (Å²) in [7, 11) is 4.75. The summed E-state index contributed by atoms with van der Waals surface area (Å²) in [4.78, 5) is 24.8. The lowest BCUT2D eigenvalue weighted by Crippen LogP contribution is -2.54. The first-order valence-corrected chi connectivity index (χ1v) is 10.2. The smallest absolute Gasteiger partial charge is 0.407 e. The SMILES string of the molecule is CNC(=O)[C@@H]1Cc2cc(OC)c(OC)cc2[C@H]([C@H](C)NC(=O)OCc2ccccc2)N1. The number of ether oxygens (including phenoxy) is 3. The highest BCUT2D eigenvalue weighted by Crippen LogP contribution is 2.37. The van der Waals surface area contributed by atoms with Crippen molar-refractivity contribution >= 4 is 12.0 Å². The molecule has 8 heteroatoms. The normalized spacial score (nSPS) is 18.3. The molecule has 2 aromatic carbocycles. The van der Waals surface area contributed by atoms with E-state index < -0.39 is 12.1 Å². The number of hydrogen-bond donors (Lipinski definition) is 3. The van der Waals surface area contributed by atoms with Crippen LogP contribution >= 0.6 is 0 Å². The highest BCUT2D eigenvalue weighted by molar-refractivity contribution is 5.82. The Morgan fingerprint density at radius 2 is 1.81 bits per heavy atom. The first-order valence-electron chi connectivity index (χ1n) is 10.2. The predicted molar refractivity (Wildman–Crippen MR) is 116 cm³/mol. The van der Waals surface area contributed by atoms with Crippen molar-refractivity contribution in [2.45, 2.75) is 38.1 Å². The van der Waals surface area contributed by atoms with Gasteiger partial charge < -0.3 is 24.8 Å². The molecule has 8 nitrogen and oxygen atoms in total. The lowest BCUT2D eigenvalue weighted by atomic mass is 9.86. The van der Waals surface area contributed by atoms with Gasteiger partial charge in [0.1, 0.15) is 6.61 Å². The zero-order valence-corrected chi connectivity index (χ0v) is 18.2. The van der Waals surface area contributed by atoms with Crippen LogP contribution in [0.4, 0.5) is 4.79 Å². The Bertz CT molecular complexity index is 919. The van der Waals surface area contributed by atoms with Gasteiger partial charge in [0, 0.05) is 13.1 Å². The molecule has 166 valence electrons. The Hall–Kier alpha value is -3.26. The van der Waals surface area contributed by atoms with Crippen molar-refractivity contribution in [2.75, 3.05) is 21.3 Å². The molecule has 3 N–H and O–H groups in total. The third kappa shape index (κ3) is 5.27. The number of likely N-dealkylation sites (N-methyl/N-ethyl adjacent to an activating group) is 1. The van der Waals surface area contributed by atoms with Gasteiger partial charge in [0.2, 0.25) is 5.91 Å². The maximum Gasteiger partial charge on any atom is 0.407 e. The Labute approximate surface area is 182 Å². The number of methoxy groups -OCH3 is 2. The fourth-order valence-corrected chi connectivity index (χ4v) is 3.78. The number of carbonyl (C=O) groups is 2. The minimum absolute atomic E-state index is 0.121. The standard InChI is InChI=1S/C23H29N3O5/c1-14(25-23(28)31-13-15-8-6-5-7-9-15)21-17-12-20(30-4)19(29-3)11-16(17)10-18(26-21)22(27)24-2/h5-9,11-12,14,18,21,26H,10,13H2,1-4H3,(H,24,27)(H,25,28)/t14-,18-,21-/m0/s1. The van der Waals surface area contributed by atoms with Crippen LogP contribution in [0.25, 0.3) is 0 Å². The molecule has 2 amide bonds. The summed E-state index contributed by atoms with van der Waals surface area (Å²) >= 11 is 0. The molecule has 1 aliphatic heterocycles. The number of nitrogens with one attached hydrogen (secondary N) is 3. The number of fused-ring (bicyclic) bond motifs is 1. The van der Waals surface area contributed by atoms with Gasteiger partial charge in [0.25, 0.3) is 0 Å². The monoisotopic (exact) mass is 427 g/mol. The number of carbonyl (C=O) groups excluding carboxylic acids is 2. The summed E-state index contributed by atoms with van der Waals surface area (Å²) in [5, 5.41) is 8.91. The lowest BCUT2D eigenvalue weighted by Gasteiger charge is -2.36. The van der Waals surface area contributed by atoms with Crippen LogP contribution in [-0.4, -0.2) is 45.4 Å². The first-order chi connectivity index (χ1) is 15.0. The van der Waals surface area contributed by atoms with Crippen molar-refractivity contribution in [1.29, 1.82) is 0 Å². The number of amides is 2. The van der Waals surface area contributed by atoms with Crippen LogP contribution in [-0.2, 0) is 22.6 Å². The molecule has 0 spiro atoms. The summed E-state index contributed by atoms with van der Waals surface area (Å²) in [5.74, 6) is 1.06. The van der Waals surface area contributed by atoms with Crippen molar-refractivity contribution in [3.63, 3.8) is 0 Å².